The molecule has 0 radical (unpaired) electrons. The zero-order valence-corrected chi connectivity index (χ0v) is 11.9. The van der Waals surface area contributed by atoms with Crippen LogP contribution in [0.1, 0.15) is 26.7 Å². The molecule has 6 heteroatoms. The molecule has 0 aliphatic carbocycles. The van der Waals surface area contributed by atoms with Gasteiger partial charge in [0.2, 0.25) is 11.8 Å². The van der Waals surface area contributed by atoms with Crippen molar-refractivity contribution >= 4 is 11.8 Å². The van der Waals surface area contributed by atoms with E-state index in [1.807, 2.05) is 13.8 Å². The molecule has 1 aliphatic rings. The maximum Gasteiger partial charge on any atom is 0.225 e. The van der Waals surface area contributed by atoms with Crippen molar-refractivity contribution in [1.82, 2.24) is 10.2 Å². The van der Waals surface area contributed by atoms with E-state index < -0.39 is 5.54 Å². The Morgan fingerprint density at radius 1 is 1.58 bits per heavy atom. The van der Waals surface area contributed by atoms with Crippen LogP contribution in [-0.2, 0) is 14.3 Å². The molecule has 1 heterocycles. The molecule has 1 rings (SSSR count). The van der Waals surface area contributed by atoms with Crippen LogP contribution < -0.4 is 5.32 Å². The Bertz CT molecular complexity index is 331. The number of ether oxygens (including phenoxy) is 1. The van der Waals surface area contributed by atoms with Crippen LogP contribution >= 0.6 is 0 Å². The number of carbonyl (C=O) groups is 2. The summed E-state index contributed by atoms with van der Waals surface area (Å²) in [5.74, 6) is -0.425. The number of hydrogen-bond acceptors (Lipinski definition) is 4. The van der Waals surface area contributed by atoms with E-state index in [1.54, 1.807) is 12.0 Å². The Balaban J connectivity index is 2.49. The minimum absolute atomic E-state index is 0.00263. The molecule has 19 heavy (non-hydrogen) atoms. The lowest BCUT2D eigenvalue weighted by Gasteiger charge is -2.27. The molecule has 2 amide bonds. The monoisotopic (exact) mass is 272 g/mol. The Morgan fingerprint density at radius 3 is 2.84 bits per heavy atom. The molecule has 6 nitrogen and oxygen atoms in total. The SMILES string of the molecule is COCCN1CC(C(=O)NC(C)(C)CCO)CC1=O. The fraction of sp³-hybridized carbons (Fsp3) is 0.846. The van der Waals surface area contributed by atoms with Crippen molar-refractivity contribution < 1.29 is 19.4 Å². The second-order valence-electron chi connectivity index (χ2n) is 5.58. The molecule has 0 spiro atoms. The molecule has 1 fully saturated rings. The normalized spacial score (nSPS) is 19.9. The zero-order valence-electron chi connectivity index (χ0n) is 11.9. The van der Waals surface area contributed by atoms with Gasteiger partial charge in [0.15, 0.2) is 0 Å². The topological polar surface area (TPSA) is 78.9 Å². The van der Waals surface area contributed by atoms with E-state index in [0.29, 0.717) is 26.1 Å². The lowest BCUT2D eigenvalue weighted by atomic mass is 9.99. The van der Waals surface area contributed by atoms with Crippen molar-refractivity contribution in [3.8, 4) is 0 Å². The van der Waals surface area contributed by atoms with Crippen LogP contribution in [-0.4, -0.2) is 60.8 Å². The van der Waals surface area contributed by atoms with Crippen molar-refractivity contribution in [1.29, 1.82) is 0 Å². The predicted molar refractivity (Wildman–Crippen MR) is 70.5 cm³/mol. The largest absolute Gasteiger partial charge is 0.396 e. The first kappa shape index (κ1) is 15.9. The third-order valence-corrected chi connectivity index (χ3v) is 3.35. The smallest absolute Gasteiger partial charge is 0.225 e. The summed E-state index contributed by atoms with van der Waals surface area (Å²) in [6.07, 6.45) is 0.748. The first-order chi connectivity index (χ1) is 8.89. The molecule has 0 aromatic carbocycles. The third-order valence-electron chi connectivity index (χ3n) is 3.35. The number of hydrogen-bond donors (Lipinski definition) is 2. The van der Waals surface area contributed by atoms with Crippen LogP contribution in [0.5, 0.6) is 0 Å². The van der Waals surface area contributed by atoms with Gasteiger partial charge in [-0.1, -0.05) is 0 Å². The number of nitrogens with one attached hydrogen (secondary N) is 1. The van der Waals surface area contributed by atoms with Gasteiger partial charge < -0.3 is 20.1 Å². The summed E-state index contributed by atoms with van der Waals surface area (Å²) in [6, 6.07) is 0. The predicted octanol–water partition coefficient (Wildman–Crippen LogP) is -0.241. The van der Waals surface area contributed by atoms with Crippen molar-refractivity contribution in [3.63, 3.8) is 0 Å². The van der Waals surface area contributed by atoms with Gasteiger partial charge >= 0.3 is 0 Å². The molecule has 0 aromatic rings. The quantitative estimate of drug-likeness (QED) is 0.670. The number of nitrogens with zero attached hydrogens (tertiary/aromatic N) is 1. The van der Waals surface area contributed by atoms with E-state index in [9.17, 15) is 9.59 Å². The Kier molecular flexibility index (Phi) is 5.75. The molecular formula is C13H24N2O4. The first-order valence-electron chi connectivity index (χ1n) is 6.59. The second-order valence-corrected chi connectivity index (χ2v) is 5.58. The van der Waals surface area contributed by atoms with Crippen molar-refractivity contribution in [2.75, 3.05) is 33.4 Å². The molecular weight excluding hydrogens is 248 g/mol. The lowest BCUT2D eigenvalue weighted by molar-refractivity contribution is -0.129. The molecule has 1 aliphatic heterocycles. The number of methoxy groups -OCH3 is 1. The van der Waals surface area contributed by atoms with Gasteiger partial charge in [-0.2, -0.15) is 0 Å². The second kappa shape index (κ2) is 6.86. The summed E-state index contributed by atoms with van der Waals surface area (Å²) in [7, 11) is 1.59. The van der Waals surface area contributed by atoms with Crippen LogP contribution in [0.4, 0.5) is 0 Å². The highest BCUT2D eigenvalue weighted by molar-refractivity contribution is 5.89. The Hall–Kier alpha value is -1.14. The van der Waals surface area contributed by atoms with Gasteiger partial charge in [-0.25, -0.2) is 0 Å². The van der Waals surface area contributed by atoms with E-state index in [2.05, 4.69) is 5.32 Å². The van der Waals surface area contributed by atoms with E-state index in [-0.39, 0.29) is 30.8 Å². The summed E-state index contributed by atoms with van der Waals surface area (Å²) in [4.78, 5) is 25.5. The van der Waals surface area contributed by atoms with Crippen molar-refractivity contribution in [3.05, 3.63) is 0 Å². The average Bonchev–Trinajstić information content (AvgIpc) is 2.67. The van der Waals surface area contributed by atoms with Crippen LogP contribution in [0.25, 0.3) is 0 Å². The van der Waals surface area contributed by atoms with E-state index in [0.717, 1.165) is 0 Å². The molecule has 1 saturated heterocycles. The van der Waals surface area contributed by atoms with Gasteiger partial charge in [0, 0.05) is 38.8 Å². The maximum atomic E-state index is 12.1. The van der Waals surface area contributed by atoms with Crippen molar-refractivity contribution in [2.45, 2.75) is 32.2 Å². The van der Waals surface area contributed by atoms with Crippen molar-refractivity contribution in [2.24, 2.45) is 5.92 Å². The minimum Gasteiger partial charge on any atom is -0.396 e. The lowest BCUT2D eigenvalue weighted by Crippen LogP contribution is -2.47. The molecule has 0 saturated carbocycles. The average molecular weight is 272 g/mol. The summed E-state index contributed by atoms with van der Waals surface area (Å²) in [6.45, 7) is 5.20. The summed E-state index contributed by atoms with van der Waals surface area (Å²) in [5, 5.41) is 11.8. The highest BCUT2D eigenvalue weighted by atomic mass is 16.5. The van der Waals surface area contributed by atoms with Crippen LogP contribution in [0.15, 0.2) is 0 Å². The highest BCUT2D eigenvalue weighted by Crippen LogP contribution is 2.19. The molecule has 1 unspecified atom stereocenters. The van der Waals surface area contributed by atoms with E-state index >= 15 is 0 Å². The standard InChI is InChI=1S/C13H24N2O4/c1-13(2,4-6-16)14-12(18)10-8-11(17)15(9-10)5-7-19-3/h10,16H,4-9H2,1-3H3,(H,14,18). The number of likely N-dealkylation sites (tertiary alicyclic amines) is 1. The fourth-order valence-electron chi connectivity index (χ4n) is 2.14. The molecule has 110 valence electrons. The fourth-order valence-corrected chi connectivity index (χ4v) is 2.14. The van der Waals surface area contributed by atoms with Crippen LogP contribution in [0.3, 0.4) is 0 Å². The van der Waals surface area contributed by atoms with Gasteiger partial charge in [0.05, 0.1) is 12.5 Å². The zero-order chi connectivity index (χ0) is 14.5. The highest BCUT2D eigenvalue weighted by Gasteiger charge is 2.35. The summed E-state index contributed by atoms with van der Waals surface area (Å²) < 4.78 is 4.94. The van der Waals surface area contributed by atoms with E-state index in [4.69, 9.17) is 9.84 Å². The van der Waals surface area contributed by atoms with Gasteiger partial charge in [-0.15, -0.1) is 0 Å². The minimum atomic E-state index is -0.450. The Labute approximate surface area is 114 Å². The molecule has 0 bridgehead atoms. The maximum absolute atomic E-state index is 12.1. The Morgan fingerprint density at radius 2 is 2.26 bits per heavy atom. The molecule has 0 aromatic heterocycles. The molecule has 2 N–H and O–H groups in total. The summed E-state index contributed by atoms with van der Waals surface area (Å²) in [5.41, 5.74) is -0.450. The van der Waals surface area contributed by atoms with Crippen LogP contribution in [0.2, 0.25) is 0 Å². The number of aliphatic hydroxyl groups is 1. The van der Waals surface area contributed by atoms with E-state index in [1.165, 1.54) is 0 Å². The van der Waals surface area contributed by atoms with Gasteiger partial charge in [0.1, 0.15) is 0 Å². The number of amides is 2. The third kappa shape index (κ3) is 4.80. The molecule has 1 atom stereocenters. The number of carbonyl (C=O) groups excluding carboxylic acids is 2. The number of rotatable bonds is 7. The summed E-state index contributed by atoms with van der Waals surface area (Å²) >= 11 is 0. The van der Waals surface area contributed by atoms with Gasteiger partial charge in [0.25, 0.3) is 0 Å². The van der Waals surface area contributed by atoms with Gasteiger partial charge in [-0.05, 0) is 20.3 Å². The van der Waals surface area contributed by atoms with Gasteiger partial charge in [-0.3, -0.25) is 9.59 Å². The number of aliphatic hydroxyl groups excluding tert-OH is 1. The first-order valence-corrected chi connectivity index (χ1v) is 6.59. The van der Waals surface area contributed by atoms with Crippen LogP contribution in [0, 0.1) is 5.92 Å².